The first-order chi connectivity index (χ1) is 8.55. The topological polar surface area (TPSA) is 68.8 Å². The summed E-state index contributed by atoms with van der Waals surface area (Å²) >= 11 is 0. The van der Waals surface area contributed by atoms with Gasteiger partial charge in [-0.1, -0.05) is 0 Å². The first-order valence-corrected chi connectivity index (χ1v) is 6.46. The molecule has 2 unspecified atom stereocenters. The molecule has 0 aliphatic carbocycles. The predicted molar refractivity (Wildman–Crippen MR) is 65.1 cm³/mol. The largest absolute Gasteiger partial charge is 0.375 e. The van der Waals surface area contributed by atoms with Crippen LogP contribution in [0.25, 0.3) is 0 Å². The number of ether oxygens (including phenoxy) is 3. The molecule has 2 fully saturated rings. The third-order valence-electron chi connectivity index (χ3n) is 3.01. The molecule has 2 aliphatic heterocycles. The van der Waals surface area contributed by atoms with E-state index in [-0.39, 0.29) is 18.1 Å². The molecule has 0 saturated carbocycles. The molecule has 2 rings (SSSR count). The summed E-state index contributed by atoms with van der Waals surface area (Å²) < 4.78 is 16.5. The van der Waals surface area contributed by atoms with Crippen molar-refractivity contribution in [1.82, 2.24) is 10.6 Å². The smallest absolute Gasteiger partial charge is 0.222 e. The van der Waals surface area contributed by atoms with E-state index in [2.05, 4.69) is 10.6 Å². The number of carbonyl (C=O) groups excluding carboxylic acids is 1. The lowest BCUT2D eigenvalue weighted by molar-refractivity contribution is -0.139. The molecule has 0 spiro atoms. The van der Waals surface area contributed by atoms with Crippen LogP contribution in [-0.2, 0) is 19.0 Å². The van der Waals surface area contributed by atoms with Crippen LogP contribution in [0.4, 0.5) is 0 Å². The molecule has 6 heteroatoms. The number of carbonyl (C=O) groups is 1. The highest BCUT2D eigenvalue weighted by Gasteiger charge is 2.32. The summed E-state index contributed by atoms with van der Waals surface area (Å²) in [6.45, 7) is 7.03. The molecule has 18 heavy (non-hydrogen) atoms. The van der Waals surface area contributed by atoms with Gasteiger partial charge in [0.2, 0.25) is 5.91 Å². The van der Waals surface area contributed by atoms with Gasteiger partial charge in [-0.25, -0.2) is 0 Å². The van der Waals surface area contributed by atoms with E-state index in [1.54, 1.807) is 0 Å². The van der Waals surface area contributed by atoms with E-state index in [1.165, 1.54) is 0 Å². The summed E-state index contributed by atoms with van der Waals surface area (Å²) in [5, 5.41) is 6.06. The summed E-state index contributed by atoms with van der Waals surface area (Å²) in [5.74, 6) is -0.539. The molecular formula is C12H22N2O4. The second-order valence-corrected chi connectivity index (χ2v) is 5.16. The fraction of sp³-hybridized carbons (Fsp3) is 0.917. The summed E-state index contributed by atoms with van der Waals surface area (Å²) in [4.78, 5) is 11.7. The van der Waals surface area contributed by atoms with Crippen LogP contribution in [0, 0.1) is 0 Å². The summed E-state index contributed by atoms with van der Waals surface area (Å²) in [5.41, 5.74) is 0. The number of hydrogen-bond acceptors (Lipinski definition) is 5. The van der Waals surface area contributed by atoms with Crippen molar-refractivity contribution >= 4 is 5.91 Å². The Labute approximate surface area is 107 Å². The summed E-state index contributed by atoms with van der Waals surface area (Å²) in [6.07, 6.45) is 0.314. The van der Waals surface area contributed by atoms with Gasteiger partial charge in [-0.05, 0) is 13.8 Å². The Bertz CT molecular complexity index is 290. The van der Waals surface area contributed by atoms with Gasteiger partial charge in [-0.3, -0.25) is 4.79 Å². The third kappa shape index (κ3) is 4.20. The van der Waals surface area contributed by atoms with Gasteiger partial charge in [0.05, 0.1) is 25.7 Å². The van der Waals surface area contributed by atoms with Crippen LogP contribution in [-0.4, -0.2) is 56.8 Å². The SMILES string of the molecule is CC1(C)OCC(CNC(=O)CC2CNCCO2)O1. The highest BCUT2D eigenvalue weighted by molar-refractivity contribution is 5.76. The molecule has 2 N–H and O–H groups in total. The number of hydrogen-bond donors (Lipinski definition) is 2. The molecule has 2 atom stereocenters. The van der Waals surface area contributed by atoms with Crippen LogP contribution in [0.2, 0.25) is 0 Å². The molecule has 0 aromatic carbocycles. The van der Waals surface area contributed by atoms with Crippen molar-refractivity contribution in [2.45, 2.75) is 38.3 Å². The minimum absolute atomic E-state index is 0.00277. The maximum atomic E-state index is 11.7. The van der Waals surface area contributed by atoms with Crippen molar-refractivity contribution in [3.8, 4) is 0 Å². The molecule has 2 saturated heterocycles. The zero-order valence-electron chi connectivity index (χ0n) is 11.0. The second-order valence-electron chi connectivity index (χ2n) is 5.16. The van der Waals surface area contributed by atoms with E-state index in [1.807, 2.05) is 13.8 Å². The highest BCUT2D eigenvalue weighted by atomic mass is 16.7. The molecule has 0 bridgehead atoms. The van der Waals surface area contributed by atoms with Crippen molar-refractivity contribution in [1.29, 1.82) is 0 Å². The zero-order valence-corrected chi connectivity index (χ0v) is 11.0. The lowest BCUT2D eigenvalue weighted by Gasteiger charge is -2.23. The second kappa shape index (κ2) is 5.97. The average Bonchev–Trinajstić information content (AvgIpc) is 2.68. The molecule has 0 aromatic heterocycles. The van der Waals surface area contributed by atoms with Gasteiger partial charge in [-0.15, -0.1) is 0 Å². The van der Waals surface area contributed by atoms with Gasteiger partial charge in [0, 0.05) is 19.6 Å². The Balaban J connectivity index is 1.63. The first kappa shape index (κ1) is 13.7. The van der Waals surface area contributed by atoms with Gasteiger partial charge in [0.15, 0.2) is 5.79 Å². The van der Waals surface area contributed by atoms with E-state index in [4.69, 9.17) is 14.2 Å². The summed E-state index contributed by atoms with van der Waals surface area (Å²) in [7, 11) is 0. The summed E-state index contributed by atoms with van der Waals surface area (Å²) in [6, 6.07) is 0. The minimum atomic E-state index is -0.536. The van der Waals surface area contributed by atoms with Crippen molar-refractivity contribution in [2.24, 2.45) is 0 Å². The predicted octanol–water partition coefficient (Wildman–Crippen LogP) is -0.367. The number of rotatable bonds is 4. The van der Waals surface area contributed by atoms with E-state index >= 15 is 0 Å². The monoisotopic (exact) mass is 258 g/mol. The van der Waals surface area contributed by atoms with E-state index in [9.17, 15) is 4.79 Å². The van der Waals surface area contributed by atoms with Crippen molar-refractivity contribution < 1.29 is 19.0 Å². The van der Waals surface area contributed by atoms with Crippen molar-refractivity contribution in [3.63, 3.8) is 0 Å². The molecule has 1 amide bonds. The average molecular weight is 258 g/mol. The molecular weight excluding hydrogens is 236 g/mol. The van der Waals surface area contributed by atoms with Crippen LogP contribution in [0.1, 0.15) is 20.3 Å². The number of amides is 1. The van der Waals surface area contributed by atoms with Gasteiger partial charge in [0.1, 0.15) is 6.10 Å². The Morgan fingerprint density at radius 2 is 2.28 bits per heavy atom. The minimum Gasteiger partial charge on any atom is -0.375 e. The maximum absolute atomic E-state index is 11.7. The zero-order chi connectivity index (χ0) is 13.0. The van der Waals surface area contributed by atoms with Crippen molar-refractivity contribution in [3.05, 3.63) is 0 Å². The Hall–Kier alpha value is -0.690. The number of nitrogens with one attached hydrogen (secondary N) is 2. The van der Waals surface area contributed by atoms with Crippen molar-refractivity contribution in [2.75, 3.05) is 32.8 Å². The van der Waals surface area contributed by atoms with Gasteiger partial charge in [0.25, 0.3) is 0 Å². The first-order valence-electron chi connectivity index (χ1n) is 6.46. The maximum Gasteiger partial charge on any atom is 0.222 e. The molecule has 104 valence electrons. The van der Waals surface area contributed by atoms with Gasteiger partial charge >= 0.3 is 0 Å². The van der Waals surface area contributed by atoms with E-state index in [0.717, 1.165) is 13.1 Å². The van der Waals surface area contributed by atoms with Crippen LogP contribution in [0.3, 0.4) is 0 Å². The van der Waals surface area contributed by atoms with Crippen LogP contribution >= 0.6 is 0 Å². The lowest BCUT2D eigenvalue weighted by Crippen LogP contribution is -2.42. The van der Waals surface area contributed by atoms with Crippen LogP contribution in [0.5, 0.6) is 0 Å². The molecule has 6 nitrogen and oxygen atoms in total. The normalized spacial score (nSPS) is 31.2. The highest BCUT2D eigenvalue weighted by Crippen LogP contribution is 2.21. The van der Waals surface area contributed by atoms with Gasteiger partial charge < -0.3 is 24.8 Å². The number of morpholine rings is 1. The van der Waals surface area contributed by atoms with Gasteiger partial charge in [-0.2, -0.15) is 0 Å². The van der Waals surface area contributed by atoms with Crippen LogP contribution in [0.15, 0.2) is 0 Å². The lowest BCUT2D eigenvalue weighted by atomic mass is 10.2. The van der Waals surface area contributed by atoms with E-state index < -0.39 is 5.79 Å². The molecule has 0 radical (unpaired) electrons. The van der Waals surface area contributed by atoms with E-state index in [0.29, 0.717) is 26.2 Å². The third-order valence-corrected chi connectivity index (χ3v) is 3.01. The fourth-order valence-electron chi connectivity index (χ4n) is 2.12. The molecule has 2 aliphatic rings. The van der Waals surface area contributed by atoms with Crippen LogP contribution < -0.4 is 10.6 Å². The standard InChI is InChI=1S/C12H22N2O4/c1-12(2)17-8-10(18-12)7-14-11(15)5-9-6-13-3-4-16-9/h9-10,13H,3-8H2,1-2H3,(H,14,15). The Morgan fingerprint density at radius 3 is 2.89 bits per heavy atom. The quantitative estimate of drug-likeness (QED) is 0.720. The molecule has 2 heterocycles. The molecule has 0 aromatic rings. The Morgan fingerprint density at radius 1 is 1.44 bits per heavy atom. The Kier molecular flexibility index (Phi) is 4.55. The fourth-order valence-corrected chi connectivity index (χ4v) is 2.12.